The van der Waals surface area contributed by atoms with Crippen LogP contribution in [0.15, 0.2) is 30.3 Å². The van der Waals surface area contributed by atoms with Crippen LogP contribution in [-0.4, -0.2) is 35.8 Å². The van der Waals surface area contributed by atoms with Crippen molar-refractivity contribution < 1.29 is 23.9 Å². The molecule has 1 saturated carbocycles. The number of carbonyl (C=O) groups is 4. The average Bonchev–Trinajstić information content (AvgIpc) is 3.13. The molecule has 1 aromatic rings. The van der Waals surface area contributed by atoms with Gasteiger partial charge in [-0.3, -0.25) is 19.7 Å². The van der Waals surface area contributed by atoms with Gasteiger partial charge in [0.15, 0.2) is 11.9 Å². The van der Waals surface area contributed by atoms with Gasteiger partial charge in [-0.25, -0.2) is 4.79 Å². The Morgan fingerprint density at radius 3 is 2.38 bits per heavy atom. The predicted molar refractivity (Wildman–Crippen MR) is 94.5 cm³/mol. The van der Waals surface area contributed by atoms with E-state index in [-0.39, 0.29) is 24.7 Å². The zero-order valence-electron chi connectivity index (χ0n) is 14.8. The molecule has 0 aliphatic heterocycles. The number of hydrogen-bond acceptors (Lipinski definition) is 5. The molecule has 1 aromatic carbocycles. The Balaban J connectivity index is 1.69. The monoisotopic (exact) mass is 360 g/mol. The van der Waals surface area contributed by atoms with Crippen LogP contribution in [0.1, 0.15) is 55.8 Å². The highest BCUT2D eigenvalue weighted by molar-refractivity contribution is 5.98. The average molecular weight is 360 g/mol. The van der Waals surface area contributed by atoms with Crippen LogP contribution < -0.4 is 10.6 Å². The van der Waals surface area contributed by atoms with Gasteiger partial charge in [0, 0.05) is 18.0 Å². The zero-order chi connectivity index (χ0) is 18.9. The van der Waals surface area contributed by atoms with Gasteiger partial charge in [0.2, 0.25) is 0 Å². The summed E-state index contributed by atoms with van der Waals surface area (Å²) in [5.41, 5.74) is 0.523. The molecule has 7 heteroatoms. The normalized spacial score (nSPS) is 15.1. The van der Waals surface area contributed by atoms with Crippen LogP contribution in [0.2, 0.25) is 0 Å². The third-order valence-corrected chi connectivity index (χ3v) is 4.26. The fraction of sp³-hybridized carbons (Fsp3) is 0.474. The number of ketones is 1. The van der Waals surface area contributed by atoms with Crippen molar-refractivity contribution >= 4 is 23.7 Å². The molecule has 1 fully saturated rings. The molecule has 140 valence electrons. The first-order valence-corrected chi connectivity index (χ1v) is 8.85. The number of nitrogens with one attached hydrogen (secondary N) is 2. The molecule has 1 aliphatic rings. The Bertz CT molecular complexity index is 653. The van der Waals surface area contributed by atoms with Crippen LogP contribution in [0.25, 0.3) is 0 Å². The van der Waals surface area contributed by atoms with Gasteiger partial charge in [-0.15, -0.1) is 0 Å². The summed E-state index contributed by atoms with van der Waals surface area (Å²) in [4.78, 5) is 47.4. The first-order valence-electron chi connectivity index (χ1n) is 8.85. The van der Waals surface area contributed by atoms with E-state index in [0.717, 1.165) is 25.7 Å². The third kappa shape index (κ3) is 6.31. The summed E-state index contributed by atoms with van der Waals surface area (Å²) in [5, 5.41) is 4.89. The molecule has 0 bridgehead atoms. The van der Waals surface area contributed by atoms with Crippen LogP contribution in [0, 0.1) is 0 Å². The maximum absolute atomic E-state index is 11.9. The SMILES string of the molecule is C[C@@H](OC(=O)CCC(=O)c1ccccc1)C(=O)NC(=O)NC1CCCC1. The number of ether oxygens (including phenoxy) is 1. The lowest BCUT2D eigenvalue weighted by molar-refractivity contribution is -0.154. The van der Waals surface area contributed by atoms with Crippen LogP contribution in [-0.2, 0) is 14.3 Å². The minimum atomic E-state index is -1.11. The highest BCUT2D eigenvalue weighted by Gasteiger charge is 2.22. The fourth-order valence-electron chi connectivity index (χ4n) is 2.80. The zero-order valence-corrected chi connectivity index (χ0v) is 14.8. The number of benzene rings is 1. The van der Waals surface area contributed by atoms with E-state index in [0.29, 0.717) is 5.56 Å². The van der Waals surface area contributed by atoms with Crippen LogP contribution in [0.3, 0.4) is 0 Å². The second-order valence-electron chi connectivity index (χ2n) is 6.37. The van der Waals surface area contributed by atoms with E-state index in [1.54, 1.807) is 30.3 Å². The standard InChI is InChI=1S/C19H24N2O5/c1-13(18(24)21-19(25)20-15-9-5-6-10-15)26-17(23)12-11-16(22)14-7-3-2-4-8-14/h2-4,7-8,13,15H,5-6,9-12H2,1H3,(H2,20,21,24,25)/t13-/m1/s1. The van der Waals surface area contributed by atoms with Crippen molar-refractivity contribution in [3.8, 4) is 0 Å². The van der Waals surface area contributed by atoms with Gasteiger partial charge in [0.1, 0.15) is 0 Å². The molecule has 0 heterocycles. The van der Waals surface area contributed by atoms with E-state index in [2.05, 4.69) is 10.6 Å². The number of hydrogen-bond donors (Lipinski definition) is 2. The largest absolute Gasteiger partial charge is 0.453 e. The lowest BCUT2D eigenvalue weighted by Gasteiger charge is -2.15. The maximum Gasteiger partial charge on any atom is 0.321 e. The Kier molecular flexibility index (Phi) is 7.32. The van der Waals surface area contributed by atoms with Crippen molar-refractivity contribution in [1.82, 2.24) is 10.6 Å². The lowest BCUT2D eigenvalue weighted by Crippen LogP contribution is -2.47. The minimum absolute atomic E-state index is 0.000643. The first kappa shape index (κ1) is 19.6. The van der Waals surface area contributed by atoms with E-state index in [9.17, 15) is 19.2 Å². The van der Waals surface area contributed by atoms with Gasteiger partial charge in [-0.2, -0.15) is 0 Å². The van der Waals surface area contributed by atoms with Crippen molar-refractivity contribution in [3.63, 3.8) is 0 Å². The van der Waals surface area contributed by atoms with Gasteiger partial charge < -0.3 is 10.1 Å². The third-order valence-electron chi connectivity index (χ3n) is 4.26. The molecule has 0 radical (unpaired) electrons. The highest BCUT2D eigenvalue weighted by atomic mass is 16.5. The molecule has 0 unspecified atom stereocenters. The van der Waals surface area contributed by atoms with Gasteiger partial charge >= 0.3 is 12.0 Å². The van der Waals surface area contributed by atoms with E-state index in [4.69, 9.17) is 4.74 Å². The van der Waals surface area contributed by atoms with Gasteiger partial charge in [-0.1, -0.05) is 43.2 Å². The second kappa shape index (κ2) is 9.70. The Morgan fingerprint density at radius 2 is 1.73 bits per heavy atom. The van der Waals surface area contributed by atoms with Gasteiger partial charge in [0.25, 0.3) is 5.91 Å². The molecular weight excluding hydrogens is 336 g/mol. The lowest BCUT2D eigenvalue weighted by atomic mass is 10.1. The summed E-state index contributed by atoms with van der Waals surface area (Å²) in [6, 6.07) is 8.14. The van der Waals surface area contributed by atoms with Gasteiger partial charge in [-0.05, 0) is 19.8 Å². The Labute approximate surface area is 152 Å². The molecule has 0 aromatic heterocycles. The molecule has 26 heavy (non-hydrogen) atoms. The predicted octanol–water partition coefficient (Wildman–Crippen LogP) is 2.35. The number of Topliss-reactive ketones (excluding diaryl/α,β-unsaturated/α-hetero) is 1. The van der Waals surface area contributed by atoms with Crippen molar-refractivity contribution in [1.29, 1.82) is 0 Å². The highest BCUT2D eigenvalue weighted by Crippen LogP contribution is 2.17. The van der Waals surface area contributed by atoms with Crippen LogP contribution in [0.5, 0.6) is 0 Å². The van der Waals surface area contributed by atoms with Crippen molar-refractivity contribution in [2.45, 2.75) is 57.6 Å². The van der Waals surface area contributed by atoms with Crippen molar-refractivity contribution in [2.75, 3.05) is 0 Å². The molecule has 7 nitrogen and oxygen atoms in total. The second-order valence-corrected chi connectivity index (χ2v) is 6.37. The van der Waals surface area contributed by atoms with Crippen LogP contribution >= 0.6 is 0 Å². The van der Waals surface area contributed by atoms with Gasteiger partial charge in [0.05, 0.1) is 6.42 Å². The summed E-state index contributed by atoms with van der Waals surface area (Å²) < 4.78 is 4.99. The quantitative estimate of drug-likeness (QED) is 0.574. The first-order chi connectivity index (χ1) is 12.5. The number of carbonyl (C=O) groups excluding carboxylic acids is 4. The van der Waals surface area contributed by atoms with E-state index < -0.39 is 24.0 Å². The summed E-state index contributed by atoms with van der Waals surface area (Å²) in [5.74, 6) is -1.52. The molecule has 2 rings (SSSR count). The minimum Gasteiger partial charge on any atom is -0.453 e. The van der Waals surface area contributed by atoms with E-state index in [1.165, 1.54) is 6.92 Å². The Hall–Kier alpha value is -2.70. The topological polar surface area (TPSA) is 102 Å². The van der Waals surface area contributed by atoms with Crippen molar-refractivity contribution in [2.24, 2.45) is 0 Å². The molecule has 1 aliphatic carbocycles. The Morgan fingerprint density at radius 1 is 1.08 bits per heavy atom. The summed E-state index contributed by atoms with van der Waals surface area (Å²) in [6.07, 6.45) is 2.70. The van der Waals surface area contributed by atoms with E-state index in [1.807, 2.05) is 0 Å². The molecule has 3 amide bonds. The van der Waals surface area contributed by atoms with Crippen LogP contribution in [0.4, 0.5) is 4.79 Å². The summed E-state index contributed by atoms with van der Waals surface area (Å²) in [7, 11) is 0. The number of amides is 3. The number of esters is 1. The molecule has 2 N–H and O–H groups in total. The summed E-state index contributed by atoms with van der Waals surface area (Å²) >= 11 is 0. The smallest absolute Gasteiger partial charge is 0.321 e. The summed E-state index contributed by atoms with van der Waals surface area (Å²) in [6.45, 7) is 1.38. The molecule has 0 saturated heterocycles. The number of imide groups is 1. The maximum atomic E-state index is 11.9. The molecule has 0 spiro atoms. The number of urea groups is 1. The fourth-order valence-corrected chi connectivity index (χ4v) is 2.80. The molecule has 1 atom stereocenters. The molecular formula is C19H24N2O5. The number of rotatable bonds is 7. The van der Waals surface area contributed by atoms with Crippen molar-refractivity contribution in [3.05, 3.63) is 35.9 Å². The van der Waals surface area contributed by atoms with E-state index >= 15 is 0 Å².